The molecule has 0 bridgehead atoms. The van der Waals surface area contributed by atoms with Crippen LogP contribution < -0.4 is 9.47 Å². The molecule has 3 aromatic rings. The molecule has 1 aromatic heterocycles. The molecule has 8 nitrogen and oxygen atoms in total. The second-order valence-corrected chi connectivity index (χ2v) is 8.49. The number of ether oxygens (including phenoxy) is 2. The van der Waals surface area contributed by atoms with E-state index in [9.17, 15) is 8.42 Å². The van der Waals surface area contributed by atoms with E-state index in [2.05, 4.69) is 10.1 Å². The first-order valence-corrected chi connectivity index (χ1v) is 10.6. The van der Waals surface area contributed by atoms with Crippen molar-refractivity contribution in [3.63, 3.8) is 0 Å². The Bertz CT molecular complexity index is 1050. The van der Waals surface area contributed by atoms with Crippen molar-refractivity contribution in [2.45, 2.75) is 20.0 Å². The summed E-state index contributed by atoms with van der Waals surface area (Å²) in [6.45, 7) is 1.81. The van der Waals surface area contributed by atoms with Gasteiger partial charge >= 0.3 is 0 Å². The van der Waals surface area contributed by atoms with Crippen LogP contribution in [0.15, 0.2) is 53.1 Å². The molecule has 3 rings (SSSR count). The second kappa shape index (κ2) is 9.06. The summed E-state index contributed by atoms with van der Waals surface area (Å²) < 4.78 is 42.4. The van der Waals surface area contributed by atoms with Crippen molar-refractivity contribution < 1.29 is 22.4 Å². The minimum atomic E-state index is -3.47. The lowest BCUT2D eigenvalue weighted by Gasteiger charge is -2.19. The SMILES string of the molecule is CCS(=O)(=O)N(Cc1ccccc1)Cc1nc(-c2ccc(OC)cc2OC)no1. The lowest BCUT2D eigenvalue weighted by atomic mass is 10.2. The molecule has 9 heteroatoms. The smallest absolute Gasteiger partial charge is 0.242 e. The highest BCUT2D eigenvalue weighted by Crippen LogP contribution is 2.31. The predicted octanol–water partition coefficient (Wildman–Crippen LogP) is 3.11. The molecule has 0 atom stereocenters. The van der Waals surface area contributed by atoms with Gasteiger partial charge in [0.2, 0.25) is 21.7 Å². The Balaban J connectivity index is 1.86. The van der Waals surface area contributed by atoms with E-state index < -0.39 is 10.0 Å². The second-order valence-electron chi connectivity index (χ2n) is 6.23. The van der Waals surface area contributed by atoms with Crippen LogP contribution in [0.1, 0.15) is 18.4 Å². The van der Waals surface area contributed by atoms with Crippen molar-refractivity contribution in [3.8, 4) is 22.9 Å². The summed E-state index contributed by atoms with van der Waals surface area (Å²) >= 11 is 0. The van der Waals surface area contributed by atoms with Gasteiger partial charge in [-0.2, -0.15) is 9.29 Å². The highest BCUT2D eigenvalue weighted by molar-refractivity contribution is 7.89. The Hall–Kier alpha value is -2.91. The first-order chi connectivity index (χ1) is 14.0. The van der Waals surface area contributed by atoms with Crippen molar-refractivity contribution >= 4 is 10.0 Å². The van der Waals surface area contributed by atoms with E-state index in [1.54, 1.807) is 32.2 Å². The normalized spacial score (nSPS) is 11.6. The number of nitrogens with zero attached hydrogens (tertiary/aromatic N) is 3. The standard InChI is InChI=1S/C20H23N3O5S/c1-4-29(24,25)23(13-15-8-6-5-7-9-15)14-19-21-20(22-28-19)17-11-10-16(26-2)12-18(17)27-3/h5-12H,4,13-14H2,1-3H3. The van der Waals surface area contributed by atoms with Crippen molar-refractivity contribution in [2.24, 2.45) is 0 Å². The number of aromatic nitrogens is 2. The maximum Gasteiger partial charge on any atom is 0.242 e. The summed E-state index contributed by atoms with van der Waals surface area (Å²) in [5.41, 5.74) is 1.50. The third-order valence-corrected chi connectivity index (χ3v) is 6.16. The van der Waals surface area contributed by atoms with E-state index in [-0.39, 0.29) is 24.7 Å². The average Bonchev–Trinajstić information content (AvgIpc) is 3.21. The average molecular weight is 417 g/mol. The molecule has 0 fully saturated rings. The monoisotopic (exact) mass is 417 g/mol. The molecule has 154 valence electrons. The molecule has 0 spiro atoms. The fraction of sp³-hybridized carbons (Fsp3) is 0.300. The van der Waals surface area contributed by atoms with Crippen LogP contribution in [0, 0.1) is 0 Å². The van der Waals surface area contributed by atoms with Crippen LogP contribution >= 0.6 is 0 Å². The van der Waals surface area contributed by atoms with Gasteiger partial charge < -0.3 is 14.0 Å². The minimum Gasteiger partial charge on any atom is -0.497 e. The summed E-state index contributed by atoms with van der Waals surface area (Å²) in [5.74, 6) is 1.66. The first-order valence-electron chi connectivity index (χ1n) is 9.03. The Labute approximate surface area is 170 Å². The molecule has 0 aliphatic rings. The molecular weight excluding hydrogens is 394 g/mol. The van der Waals surface area contributed by atoms with Gasteiger partial charge in [0.25, 0.3) is 0 Å². The van der Waals surface area contributed by atoms with Crippen molar-refractivity contribution in [3.05, 3.63) is 60.0 Å². The zero-order valence-electron chi connectivity index (χ0n) is 16.5. The maximum atomic E-state index is 12.6. The molecule has 0 saturated carbocycles. The molecule has 0 amide bonds. The van der Waals surface area contributed by atoms with Gasteiger partial charge in [0.15, 0.2) is 0 Å². The van der Waals surface area contributed by atoms with E-state index in [0.717, 1.165) is 5.56 Å². The van der Waals surface area contributed by atoms with E-state index in [1.165, 1.54) is 11.4 Å². The maximum absolute atomic E-state index is 12.6. The van der Waals surface area contributed by atoms with E-state index in [0.29, 0.717) is 22.9 Å². The molecule has 1 heterocycles. The van der Waals surface area contributed by atoms with Crippen molar-refractivity contribution in [1.29, 1.82) is 0 Å². The van der Waals surface area contributed by atoms with Gasteiger partial charge in [0.1, 0.15) is 11.5 Å². The van der Waals surface area contributed by atoms with Crippen LogP contribution in [-0.4, -0.2) is 42.8 Å². The van der Waals surface area contributed by atoms with E-state index >= 15 is 0 Å². The van der Waals surface area contributed by atoms with Crippen molar-refractivity contribution in [2.75, 3.05) is 20.0 Å². The Kier molecular flexibility index (Phi) is 6.50. The molecule has 0 radical (unpaired) electrons. The largest absolute Gasteiger partial charge is 0.497 e. The number of rotatable bonds is 9. The van der Waals surface area contributed by atoms with Crippen LogP contribution in [0.2, 0.25) is 0 Å². The fourth-order valence-corrected chi connectivity index (χ4v) is 3.80. The minimum absolute atomic E-state index is 0.0173. The Morgan fingerprint density at radius 2 is 1.79 bits per heavy atom. The van der Waals surface area contributed by atoms with E-state index in [1.807, 2.05) is 30.3 Å². The summed E-state index contributed by atoms with van der Waals surface area (Å²) in [6.07, 6.45) is 0. The van der Waals surface area contributed by atoms with Gasteiger partial charge in [-0.1, -0.05) is 35.5 Å². The quantitative estimate of drug-likeness (QED) is 0.528. The van der Waals surface area contributed by atoms with Crippen LogP contribution in [0.5, 0.6) is 11.5 Å². The predicted molar refractivity (Wildman–Crippen MR) is 108 cm³/mol. The summed E-state index contributed by atoms with van der Waals surface area (Å²) in [4.78, 5) is 4.37. The lowest BCUT2D eigenvalue weighted by molar-refractivity contribution is 0.312. The van der Waals surface area contributed by atoms with Crippen LogP contribution in [0.25, 0.3) is 11.4 Å². The van der Waals surface area contributed by atoms with E-state index in [4.69, 9.17) is 14.0 Å². The molecule has 0 saturated heterocycles. The van der Waals surface area contributed by atoms with Gasteiger partial charge in [0, 0.05) is 12.6 Å². The molecule has 0 unspecified atom stereocenters. The van der Waals surface area contributed by atoms with Gasteiger partial charge in [-0.3, -0.25) is 0 Å². The molecule has 0 N–H and O–H groups in total. The topological polar surface area (TPSA) is 94.8 Å². The zero-order valence-corrected chi connectivity index (χ0v) is 17.3. The Morgan fingerprint density at radius 3 is 2.45 bits per heavy atom. The molecular formula is C20H23N3O5S. The number of benzene rings is 2. The van der Waals surface area contributed by atoms with Crippen LogP contribution in [-0.2, 0) is 23.1 Å². The number of sulfonamides is 1. The lowest BCUT2D eigenvalue weighted by Crippen LogP contribution is -2.31. The third kappa shape index (κ3) is 4.93. The Morgan fingerprint density at radius 1 is 1.03 bits per heavy atom. The number of hydrogen-bond acceptors (Lipinski definition) is 7. The first kappa shape index (κ1) is 20.8. The summed E-state index contributed by atoms with van der Waals surface area (Å²) in [6, 6.07) is 14.6. The van der Waals surface area contributed by atoms with Gasteiger partial charge in [-0.25, -0.2) is 8.42 Å². The highest BCUT2D eigenvalue weighted by atomic mass is 32.2. The van der Waals surface area contributed by atoms with Crippen LogP contribution in [0.4, 0.5) is 0 Å². The molecule has 2 aromatic carbocycles. The summed E-state index contributed by atoms with van der Waals surface area (Å²) in [7, 11) is -0.367. The zero-order chi connectivity index (χ0) is 20.9. The highest BCUT2D eigenvalue weighted by Gasteiger charge is 2.24. The van der Waals surface area contributed by atoms with Crippen LogP contribution in [0.3, 0.4) is 0 Å². The van der Waals surface area contributed by atoms with Gasteiger partial charge in [-0.05, 0) is 24.6 Å². The fourth-order valence-electron chi connectivity index (χ4n) is 2.78. The molecule has 0 aliphatic heterocycles. The summed E-state index contributed by atoms with van der Waals surface area (Å²) in [5, 5.41) is 3.99. The van der Waals surface area contributed by atoms with Crippen molar-refractivity contribution in [1.82, 2.24) is 14.4 Å². The molecule has 0 aliphatic carbocycles. The number of hydrogen-bond donors (Lipinski definition) is 0. The number of methoxy groups -OCH3 is 2. The third-order valence-electron chi connectivity index (χ3n) is 4.39. The van der Waals surface area contributed by atoms with Gasteiger partial charge in [-0.15, -0.1) is 0 Å². The van der Waals surface area contributed by atoms with Gasteiger partial charge in [0.05, 0.1) is 32.1 Å². The molecule has 29 heavy (non-hydrogen) atoms.